The van der Waals surface area contributed by atoms with Crippen LogP contribution < -0.4 is 15.0 Å². The van der Waals surface area contributed by atoms with Crippen LogP contribution in [0.4, 0.5) is 0 Å². The van der Waals surface area contributed by atoms with Crippen LogP contribution in [0, 0.1) is 0 Å². The first-order valence-corrected chi connectivity index (χ1v) is 7.91. The summed E-state index contributed by atoms with van der Waals surface area (Å²) >= 11 is 0. The quantitative estimate of drug-likeness (QED) is 0.513. The molecule has 1 heterocycles. The minimum absolute atomic E-state index is 0.00759. The van der Waals surface area contributed by atoms with E-state index in [1.807, 2.05) is 0 Å². The van der Waals surface area contributed by atoms with Crippen LogP contribution in [-0.2, 0) is 11.8 Å². The molecule has 138 valence electrons. The standard InChI is InChI=1S/C19H16N2O6/c1-21-17(22)13-7-5-4-6-12(13)16(20-21)19(24)27-14-9-8-11(18(23)26-3)10-15(14)25-2/h4-10H,1-3H3. The Bertz CT molecular complexity index is 1100. The van der Waals surface area contributed by atoms with Gasteiger partial charge in [-0.05, 0) is 24.3 Å². The summed E-state index contributed by atoms with van der Waals surface area (Å²) in [6.45, 7) is 0. The summed E-state index contributed by atoms with van der Waals surface area (Å²) in [4.78, 5) is 36.5. The average molecular weight is 368 g/mol. The van der Waals surface area contributed by atoms with E-state index in [9.17, 15) is 14.4 Å². The number of nitrogens with zero attached hydrogens (tertiary/aromatic N) is 2. The zero-order valence-corrected chi connectivity index (χ0v) is 14.9. The Hall–Kier alpha value is -3.68. The van der Waals surface area contributed by atoms with Crippen LogP contribution in [0.3, 0.4) is 0 Å². The van der Waals surface area contributed by atoms with Gasteiger partial charge in [-0.1, -0.05) is 18.2 Å². The number of benzene rings is 2. The lowest BCUT2D eigenvalue weighted by molar-refractivity contribution is 0.0600. The third kappa shape index (κ3) is 3.37. The van der Waals surface area contributed by atoms with Crippen molar-refractivity contribution in [2.45, 2.75) is 0 Å². The summed E-state index contributed by atoms with van der Waals surface area (Å²) < 4.78 is 16.3. The first-order chi connectivity index (χ1) is 13.0. The minimum Gasteiger partial charge on any atom is -0.493 e. The Labute approximate surface area is 153 Å². The Kier molecular flexibility index (Phi) is 4.89. The second kappa shape index (κ2) is 7.28. The molecule has 1 aromatic heterocycles. The van der Waals surface area contributed by atoms with Crippen molar-refractivity contribution in [3.8, 4) is 11.5 Å². The molecule has 0 aliphatic heterocycles. The lowest BCUT2D eigenvalue weighted by atomic mass is 10.1. The van der Waals surface area contributed by atoms with Crippen molar-refractivity contribution in [2.75, 3.05) is 14.2 Å². The smallest absolute Gasteiger partial charge is 0.364 e. The van der Waals surface area contributed by atoms with Crippen LogP contribution in [0.1, 0.15) is 20.8 Å². The van der Waals surface area contributed by atoms with E-state index in [0.29, 0.717) is 10.8 Å². The summed E-state index contributed by atoms with van der Waals surface area (Å²) in [6.07, 6.45) is 0. The average Bonchev–Trinajstić information content (AvgIpc) is 2.70. The highest BCUT2D eigenvalue weighted by Crippen LogP contribution is 2.29. The predicted octanol–water partition coefficient (Wildman–Crippen LogP) is 1.95. The summed E-state index contributed by atoms with van der Waals surface area (Å²) in [6, 6.07) is 10.9. The maximum Gasteiger partial charge on any atom is 0.364 e. The number of hydrogen-bond acceptors (Lipinski definition) is 7. The molecule has 0 unspecified atom stereocenters. The molecule has 0 aliphatic rings. The number of aromatic nitrogens is 2. The number of carbonyl (C=O) groups is 2. The highest BCUT2D eigenvalue weighted by molar-refractivity contribution is 6.03. The van der Waals surface area contributed by atoms with E-state index in [1.165, 1.54) is 39.5 Å². The van der Waals surface area contributed by atoms with Gasteiger partial charge in [0.15, 0.2) is 17.2 Å². The van der Waals surface area contributed by atoms with Gasteiger partial charge in [0.2, 0.25) is 0 Å². The largest absolute Gasteiger partial charge is 0.493 e. The summed E-state index contributed by atoms with van der Waals surface area (Å²) in [5, 5.41) is 4.77. The van der Waals surface area contributed by atoms with E-state index in [0.717, 1.165) is 4.68 Å². The first-order valence-electron chi connectivity index (χ1n) is 7.91. The van der Waals surface area contributed by atoms with Crippen LogP contribution in [-0.4, -0.2) is 35.9 Å². The van der Waals surface area contributed by atoms with Crippen LogP contribution in [0.5, 0.6) is 11.5 Å². The van der Waals surface area contributed by atoms with Gasteiger partial charge < -0.3 is 14.2 Å². The number of esters is 2. The zero-order chi connectivity index (χ0) is 19.6. The van der Waals surface area contributed by atoms with Crippen LogP contribution in [0.25, 0.3) is 10.8 Å². The van der Waals surface area contributed by atoms with Gasteiger partial charge in [0, 0.05) is 12.4 Å². The van der Waals surface area contributed by atoms with E-state index in [-0.39, 0.29) is 28.3 Å². The van der Waals surface area contributed by atoms with Gasteiger partial charge in [-0.15, -0.1) is 0 Å². The van der Waals surface area contributed by atoms with Crippen molar-refractivity contribution in [3.63, 3.8) is 0 Å². The molecule has 0 atom stereocenters. The first kappa shape index (κ1) is 18.1. The molecular formula is C19H16N2O6. The molecule has 0 aliphatic carbocycles. The Balaban J connectivity index is 2.02. The monoisotopic (exact) mass is 368 g/mol. The highest BCUT2D eigenvalue weighted by atomic mass is 16.6. The SMILES string of the molecule is COC(=O)c1ccc(OC(=O)c2nn(C)c(=O)c3ccccc23)c(OC)c1. The van der Waals surface area contributed by atoms with Crippen LogP contribution >= 0.6 is 0 Å². The van der Waals surface area contributed by atoms with Gasteiger partial charge in [0.25, 0.3) is 5.56 Å². The third-order valence-corrected chi connectivity index (χ3v) is 3.94. The van der Waals surface area contributed by atoms with Gasteiger partial charge in [-0.25, -0.2) is 14.3 Å². The van der Waals surface area contributed by atoms with Crippen molar-refractivity contribution in [3.05, 3.63) is 64.1 Å². The normalized spacial score (nSPS) is 10.5. The maximum absolute atomic E-state index is 12.7. The molecule has 3 rings (SSSR count). The topological polar surface area (TPSA) is 96.7 Å². The van der Waals surface area contributed by atoms with E-state index < -0.39 is 11.9 Å². The molecule has 8 nitrogen and oxygen atoms in total. The molecule has 0 N–H and O–H groups in total. The van der Waals surface area contributed by atoms with Crippen LogP contribution in [0.2, 0.25) is 0 Å². The van der Waals surface area contributed by atoms with E-state index >= 15 is 0 Å². The summed E-state index contributed by atoms with van der Waals surface area (Å²) in [5.74, 6) is -1.02. The summed E-state index contributed by atoms with van der Waals surface area (Å²) in [5.41, 5.74) is -0.0752. The maximum atomic E-state index is 12.7. The van der Waals surface area contributed by atoms with Crippen molar-refractivity contribution in [1.82, 2.24) is 9.78 Å². The van der Waals surface area contributed by atoms with Gasteiger partial charge in [0.05, 0.1) is 25.2 Å². The van der Waals surface area contributed by atoms with Gasteiger partial charge in [0.1, 0.15) is 0 Å². The van der Waals surface area contributed by atoms with Gasteiger partial charge >= 0.3 is 11.9 Å². The molecule has 27 heavy (non-hydrogen) atoms. The summed E-state index contributed by atoms with van der Waals surface area (Å²) in [7, 11) is 4.10. The van der Waals surface area contributed by atoms with E-state index in [4.69, 9.17) is 9.47 Å². The number of fused-ring (bicyclic) bond motifs is 1. The van der Waals surface area contributed by atoms with E-state index in [1.54, 1.807) is 24.3 Å². The molecule has 2 aromatic carbocycles. The number of aryl methyl sites for hydroxylation is 1. The zero-order valence-electron chi connectivity index (χ0n) is 14.9. The number of methoxy groups -OCH3 is 2. The van der Waals surface area contributed by atoms with Crippen molar-refractivity contribution in [2.24, 2.45) is 7.05 Å². The molecule has 3 aromatic rings. The molecule has 0 bridgehead atoms. The molecular weight excluding hydrogens is 352 g/mol. The second-order valence-electron chi connectivity index (χ2n) is 5.57. The van der Waals surface area contributed by atoms with E-state index in [2.05, 4.69) is 9.84 Å². The lowest BCUT2D eigenvalue weighted by Gasteiger charge is -2.11. The van der Waals surface area contributed by atoms with Gasteiger partial charge in [-0.2, -0.15) is 5.10 Å². The molecule has 0 saturated carbocycles. The highest BCUT2D eigenvalue weighted by Gasteiger charge is 2.20. The minimum atomic E-state index is -0.758. The van der Waals surface area contributed by atoms with Crippen molar-refractivity contribution < 1.29 is 23.8 Å². The number of carbonyl (C=O) groups excluding carboxylic acids is 2. The second-order valence-corrected chi connectivity index (χ2v) is 5.57. The number of hydrogen-bond donors (Lipinski definition) is 0. The fraction of sp³-hybridized carbons (Fsp3) is 0.158. The fourth-order valence-corrected chi connectivity index (χ4v) is 2.60. The fourth-order valence-electron chi connectivity index (χ4n) is 2.60. The molecule has 0 saturated heterocycles. The number of rotatable bonds is 4. The van der Waals surface area contributed by atoms with Crippen molar-refractivity contribution >= 4 is 22.7 Å². The van der Waals surface area contributed by atoms with Crippen molar-refractivity contribution in [1.29, 1.82) is 0 Å². The Morgan fingerprint density at radius 3 is 2.33 bits per heavy atom. The molecule has 0 fully saturated rings. The molecule has 0 spiro atoms. The lowest BCUT2D eigenvalue weighted by Crippen LogP contribution is -2.24. The Morgan fingerprint density at radius 2 is 1.67 bits per heavy atom. The molecule has 0 radical (unpaired) electrons. The molecule has 0 amide bonds. The predicted molar refractivity (Wildman–Crippen MR) is 96.3 cm³/mol. The van der Waals surface area contributed by atoms with Gasteiger partial charge in [-0.3, -0.25) is 4.79 Å². The Morgan fingerprint density at radius 1 is 0.963 bits per heavy atom. The number of ether oxygens (including phenoxy) is 3. The van der Waals surface area contributed by atoms with Crippen LogP contribution in [0.15, 0.2) is 47.3 Å². The third-order valence-electron chi connectivity index (χ3n) is 3.94. The molecule has 8 heteroatoms.